The van der Waals surface area contributed by atoms with Gasteiger partial charge in [-0.3, -0.25) is 9.99 Å². The fourth-order valence-corrected chi connectivity index (χ4v) is 3.59. The first-order chi connectivity index (χ1) is 14.2. The summed E-state index contributed by atoms with van der Waals surface area (Å²) in [5, 5.41) is 19.7. The summed E-state index contributed by atoms with van der Waals surface area (Å²) in [5.74, 6) is 1.41. The van der Waals surface area contributed by atoms with E-state index in [0.717, 1.165) is 28.9 Å². The van der Waals surface area contributed by atoms with Gasteiger partial charge < -0.3 is 14.4 Å². The van der Waals surface area contributed by atoms with Crippen molar-refractivity contribution in [1.29, 1.82) is 0 Å². The maximum atomic E-state index is 9.44. The molecule has 29 heavy (non-hydrogen) atoms. The molecule has 2 atom stereocenters. The zero-order chi connectivity index (χ0) is 19.8. The Bertz CT molecular complexity index is 1080. The average Bonchev–Trinajstić information content (AvgIpc) is 3.41. The molecule has 0 saturated carbocycles. The van der Waals surface area contributed by atoms with Crippen LogP contribution in [0.2, 0.25) is 0 Å². The van der Waals surface area contributed by atoms with Gasteiger partial charge in [-0.1, -0.05) is 23.9 Å². The van der Waals surface area contributed by atoms with E-state index in [1.54, 1.807) is 29.6 Å². The Morgan fingerprint density at radius 1 is 1.21 bits per heavy atom. The second-order valence-electron chi connectivity index (χ2n) is 7.08. The van der Waals surface area contributed by atoms with Gasteiger partial charge in [0.1, 0.15) is 12.3 Å². The van der Waals surface area contributed by atoms with Gasteiger partial charge in [-0.25, -0.2) is 0 Å². The van der Waals surface area contributed by atoms with Crippen molar-refractivity contribution in [2.24, 2.45) is 5.10 Å². The molecule has 1 fully saturated rings. The number of nitrogens with zero attached hydrogens (tertiary/aromatic N) is 5. The fourth-order valence-electron chi connectivity index (χ4n) is 3.59. The highest BCUT2D eigenvalue weighted by atomic mass is 16.5. The number of phenols is 1. The number of pyridine rings is 1. The van der Waals surface area contributed by atoms with Crippen LogP contribution in [0.5, 0.6) is 5.75 Å². The fraction of sp³-hybridized carbons (Fsp3) is 0.238. The van der Waals surface area contributed by atoms with E-state index >= 15 is 0 Å². The summed E-state index contributed by atoms with van der Waals surface area (Å²) < 4.78 is 11.4. The molecular weight excluding hydrogens is 370 g/mol. The van der Waals surface area contributed by atoms with Gasteiger partial charge in [0.2, 0.25) is 5.89 Å². The molecule has 2 aromatic heterocycles. The number of fused-ring (bicyclic) bond motifs is 1. The Hall–Kier alpha value is -3.52. The smallest absolute Gasteiger partial charge is 0.248 e. The maximum Gasteiger partial charge on any atom is 0.248 e. The summed E-state index contributed by atoms with van der Waals surface area (Å²) in [7, 11) is 0. The van der Waals surface area contributed by atoms with Gasteiger partial charge in [0, 0.05) is 17.7 Å². The number of aromatic nitrogens is 3. The van der Waals surface area contributed by atoms with Crippen LogP contribution < -0.4 is 0 Å². The maximum absolute atomic E-state index is 9.44. The highest BCUT2D eigenvalue weighted by Crippen LogP contribution is 2.37. The van der Waals surface area contributed by atoms with Gasteiger partial charge in [-0.2, -0.15) is 10.1 Å². The predicted octanol–water partition coefficient (Wildman–Crippen LogP) is 3.24. The third kappa shape index (κ3) is 3.38. The van der Waals surface area contributed by atoms with Gasteiger partial charge in [0.15, 0.2) is 5.82 Å². The van der Waals surface area contributed by atoms with Crippen LogP contribution >= 0.6 is 0 Å². The zero-order valence-corrected chi connectivity index (χ0v) is 15.6. The number of ether oxygens (including phenoxy) is 1. The van der Waals surface area contributed by atoms with E-state index in [1.165, 1.54) is 0 Å². The molecule has 8 heteroatoms. The molecule has 0 amide bonds. The van der Waals surface area contributed by atoms with E-state index in [4.69, 9.17) is 9.26 Å². The molecule has 0 spiro atoms. The molecule has 0 bridgehead atoms. The van der Waals surface area contributed by atoms with E-state index in [1.807, 2.05) is 24.3 Å². The van der Waals surface area contributed by atoms with Crippen LogP contribution in [0.3, 0.4) is 0 Å². The molecule has 4 heterocycles. The number of rotatable bonds is 4. The minimum atomic E-state index is -0.0435. The van der Waals surface area contributed by atoms with Crippen molar-refractivity contribution in [3.05, 3.63) is 77.7 Å². The van der Waals surface area contributed by atoms with Crippen molar-refractivity contribution in [3.63, 3.8) is 0 Å². The summed E-state index contributed by atoms with van der Waals surface area (Å²) in [5.41, 5.74) is 3.50. The van der Waals surface area contributed by atoms with Crippen molar-refractivity contribution < 1.29 is 14.4 Å². The molecule has 3 aromatic rings. The Labute approximate surface area is 167 Å². The summed E-state index contributed by atoms with van der Waals surface area (Å²) in [6, 6.07) is 10.9. The Morgan fingerprint density at radius 2 is 2.07 bits per heavy atom. The first-order valence-corrected chi connectivity index (χ1v) is 9.36. The molecule has 8 nitrogen and oxygen atoms in total. The largest absolute Gasteiger partial charge is 0.508 e. The lowest BCUT2D eigenvalue weighted by molar-refractivity contribution is 0.110. The minimum absolute atomic E-state index is 0.0435. The first kappa shape index (κ1) is 17.6. The van der Waals surface area contributed by atoms with E-state index in [2.05, 4.69) is 26.8 Å². The quantitative estimate of drug-likeness (QED) is 0.732. The van der Waals surface area contributed by atoms with Crippen molar-refractivity contribution >= 4 is 11.9 Å². The van der Waals surface area contributed by atoms with E-state index in [0.29, 0.717) is 24.9 Å². The number of phenolic OH excluding ortho intramolecular Hbond substituents is 1. The minimum Gasteiger partial charge on any atom is -0.508 e. The van der Waals surface area contributed by atoms with E-state index < -0.39 is 0 Å². The third-order valence-electron chi connectivity index (χ3n) is 5.18. The number of hydrogen-bond acceptors (Lipinski definition) is 8. The Balaban J connectivity index is 1.26. The van der Waals surface area contributed by atoms with Crippen LogP contribution in [-0.2, 0) is 11.3 Å². The lowest BCUT2D eigenvalue weighted by Crippen LogP contribution is -2.20. The van der Waals surface area contributed by atoms with Crippen molar-refractivity contribution in [3.8, 4) is 5.75 Å². The van der Waals surface area contributed by atoms with Gasteiger partial charge in [0.05, 0.1) is 30.3 Å². The molecule has 1 N–H and O–H groups in total. The second-order valence-corrected chi connectivity index (χ2v) is 7.08. The zero-order valence-electron chi connectivity index (χ0n) is 15.6. The van der Waals surface area contributed by atoms with Crippen LogP contribution in [0.25, 0.3) is 5.70 Å². The van der Waals surface area contributed by atoms with Crippen LogP contribution in [0, 0.1) is 0 Å². The molecule has 2 aliphatic rings. The van der Waals surface area contributed by atoms with Crippen LogP contribution in [-0.4, -0.2) is 38.1 Å². The Morgan fingerprint density at radius 3 is 2.93 bits per heavy atom. The van der Waals surface area contributed by atoms with Crippen molar-refractivity contribution in [2.75, 3.05) is 6.61 Å². The monoisotopic (exact) mass is 389 g/mol. The number of hydrazone groups is 1. The summed E-state index contributed by atoms with van der Waals surface area (Å²) in [6.45, 7) is 4.98. The lowest BCUT2D eigenvalue weighted by atomic mass is 10.00. The average molecular weight is 389 g/mol. The number of aromatic hydroxyl groups is 1. The number of hydrogen-bond donors (Lipinski definition) is 1. The predicted molar refractivity (Wildman–Crippen MR) is 105 cm³/mol. The highest BCUT2D eigenvalue weighted by Gasteiger charge is 2.31. The van der Waals surface area contributed by atoms with Gasteiger partial charge in [-0.05, 0) is 36.2 Å². The molecule has 2 aliphatic heterocycles. The number of benzene rings is 1. The molecule has 0 aliphatic carbocycles. The highest BCUT2D eigenvalue weighted by molar-refractivity contribution is 5.88. The summed E-state index contributed by atoms with van der Waals surface area (Å²) >= 11 is 0. The van der Waals surface area contributed by atoms with Gasteiger partial charge >= 0.3 is 0 Å². The molecule has 146 valence electrons. The van der Waals surface area contributed by atoms with Crippen molar-refractivity contribution in [1.82, 2.24) is 20.1 Å². The molecule has 1 unspecified atom stereocenters. The van der Waals surface area contributed by atoms with Crippen LogP contribution in [0.15, 0.2) is 58.8 Å². The topological polar surface area (TPSA) is 96.9 Å². The second kappa shape index (κ2) is 7.14. The van der Waals surface area contributed by atoms with Crippen molar-refractivity contribution in [2.45, 2.75) is 25.0 Å². The lowest BCUT2D eigenvalue weighted by Gasteiger charge is -2.23. The van der Waals surface area contributed by atoms with E-state index in [9.17, 15) is 5.11 Å². The summed E-state index contributed by atoms with van der Waals surface area (Å²) in [4.78, 5) is 8.84. The molecule has 1 saturated heterocycles. The molecule has 5 rings (SSSR count). The standard InChI is InChI=1S/C21H19N5O3/c1-13-17-3-2-8-22-18(17)10-23-26(13)11-20-24-21(25-29-20)15-9-19(28-12-15)14-4-6-16(27)7-5-14/h2-8,10,15,19,27H,1,9,11-12H2/t15?,19-/m1/s1. The van der Waals surface area contributed by atoms with Gasteiger partial charge in [-0.15, -0.1) is 0 Å². The van der Waals surface area contributed by atoms with Crippen LogP contribution in [0.4, 0.5) is 0 Å². The SMILES string of the molecule is C=C1c2cccnc2C=NN1Cc1nc(C2CO[C@@H](c3ccc(O)cc3)C2)no1. The molecule has 1 aromatic carbocycles. The first-order valence-electron chi connectivity index (χ1n) is 9.36. The normalized spacial score (nSPS) is 20.8. The molecule has 0 radical (unpaired) electrons. The van der Waals surface area contributed by atoms with E-state index in [-0.39, 0.29) is 17.8 Å². The van der Waals surface area contributed by atoms with Crippen LogP contribution in [0.1, 0.15) is 47.0 Å². The van der Waals surface area contributed by atoms with Gasteiger partial charge in [0.25, 0.3) is 0 Å². The Kier molecular flexibility index (Phi) is 4.33. The summed E-state index contributed by atoms with van der Waals surface area (Å²) in [6.07, 6.45) is 4.15. The molecular formula is C21H19N5O3. The third-order valence-corrected chi connectivity index (χ3v) is 5.18.